The number of hydrogen-bond donors (Lipinski definition) is 0. The van der Waals surface area contributed by atoms with E-state index in [1.165, 1.54) is 0 Å². The van der Waals surface area contributed by atoms with E-state index in [1.54, 1.807) is 13.2 Å². The molecule has 2 aliphatic rings. The van der Waals surface area contributed by atoms with Gasteiger partial charge in [0, 0.05) is 12.8 Å². The molecule has 0 aliphatic carbocycles. The number of rotatable bonds is 17. The Morgan fingerprint density at radius 2 is 0.847 bits per heavy atom. The van der Waals surface area contributed by atoms with Crippen molar-refractivity contribution in [3.8, 4) is 0 Å². The highest BCUT2D eigenvalue weighted by molar-refractivity contribution is 5.79. The van der Waals surface area contributed by atoms with E-state index in [2.05, 4.69) is 33.2 Å². The fourth-order valence-corrected chi connectivity index (χ4v) is 2.97. The number of esters is 1. The van der Waals surface area contributed by atoms with Gasteiger partial charge in [-0.2, -0.15) is 105 Å². The molecular formula is C24H16F26O9. The lowest BCUT2D eigenvalue weighted by Gasteiger charge is -2.39. The van der Waals surface area contributed by atoms with Crippen LogP contribution in [-0.2, 0) is 42.7 Å². The van der Waals surface area contributed by atoms with E-state index >= 15 is 0 Å². The van der Waals surface area contributed by atoms with Gasteiger partial charge < -0.3 is 18.9 Å². The molecule has 2 aliphatic heterocycles. The van der Waals surface area contributed by atoms with E-state index < -0.39 is 116 Å². The van der Waals surface area contributed by atoms with E-state index in [4.69, 9.17) is 0 Å². The van der Waals surface area contributed by atoms with Gasteiger partial charge in [0.25, 0.3) is 0 Å². The van der Waals surface area contributed by atoms with Crippen molar-refractivity contribution in [1.29, 1.82) is 0 Å². The maximum Gasteiger partial charge on any atom is 0.460 e. The summed E-state index contributed by atoms with van der Waals surface area (Å²) in [5, 5.41) is 0. The van der Waals surface area contributed by atoms with Gasteiger partial charge in [0.2, 0.25) is 6.29 Å². The topological polar surface area (TPSA) is 90.9 Å². The average Bonchev–Trinajstić information content (AvgIpc) is 2.94. The van der Waals surface area contributed by atoms with Gasteiger partial charge in [-0.05, 0) is 0 Å². The molecule has 0 aromatic carbocycles. The molecule has 0 aromatic rings. The first kappa shape index (κ1) is 53.9. The lowest BCUT2D eigenvalue weighted by atomic mass is 10.2. The van der Waals surface area contributed by atoms with Gasteiger partial charge in [0.15, 0.2) is 17.9 Å². The third kappa shape index (κ3) is 11.6. The van der Waals surface area contributed by atoms with Crippen molar-refractivity contribution in [2.75, 3.05) is 19.8 Å². The minimum atomic E-state index is -7.40. The van der Waals surface area contributed by atoms with Crippen molar-refractivity contribution in [3.05, 3.63) is 24.8 Å². The van der Waals surface area contributed by atoms with Crippen LogP contribution in [0.4, 0.5) is 114 Å². The number of hydrogen-bond acceptors (Lipinski definition) is 9. The Balaban J connectivity index is 0.000000590. The van der Waals surface area contributed by atoms with Crippen LogP contribution in [-0.4, -0.2) is 111 Å². The second-order valence-corrected chi connectivity index (χ2v) is 10.7. The Morgan fingerprint density at radius 1 is 0.508 bits per heavy atom. The summed E-state index contributed by atoms with van der Waals surface area (Å²) in [4.78, 5) is 11.2. The molecule has 59 heavy (non-hydrogen) atoms. The van der Waals surface area contributed by atoms with Gasteiger partial charge in [0.05, 0.1) is 13.2 Å². The van der Waals surface area contributed by atoms with E-state index in [0.717, 1.165) is 0 Å². The highest BCUT2D eigenvalue weighted by Gasteiger charge is 2.83. The standard InChI is InChI=1S/C12H7F13O5.C12H9F13O4/c1-4(13)8(15,16)30-9(17,11(21,22)23)12(24,25)29-7(14,10(18,19)20)6(26)28-5-2-3-27-5;1-5(13)8(15,16)29-9(17,11(21,22)23)12(24,25)28-7(14,10(18,19)20)4-27-6-2-3-26-6/h5H,1-3H2;6H,1-4H2. The van der Waals surface area contributed by atoms with Gasteiger partial charge in [-0.3, -0.25) is 18.9 Å². The molecule has 2 saturated heterocycles. The molecule has 0 spiro atoms. The summed E-state index contributed by atoms with van der Waals surface area (Å²) >= 11 is 0. The van der Waals surface area contributed by atoms with E-state index in [1.807, 2.05) is 4.74 Å². The zero-order valence-electron chi connectivity index (χ0n) is 27.1. The lowest BCUT2D eigenvalue weighted by Crippen LogP contribution is -2.66. The third-order valence-electron chi connectivity index (χ3n) is 6.26. The minimum absolute atomic E-state index is 0.106. The number of ether oxygens (including phenoxy) is 8. The van der Waals surface area contributed by atoms with Crippen LogP contribution in [0.3, 0.4) is 0 Å². The number of carbonyl (C=O) groups excluding carboxylic acids is 1. The van der Waals surface area contributed by atoms with Crippen LogP contribution in [0.1, 0.15) is 12.8 Å². The molecule has 0 radical (unpaired) electrons. The first-order valence-electron chi connectivity index (χ1n) is 13.9. The van der Waals surface area contributed by atoms with Crippen molar-refractivity contribution >= 4 is 5.97 Å². The zero-order chi connectivity index (χ0) is 47.1. The van der Waals surface area contributed by atoms with Crippen molar-refractivity contribution < 1.29 is 157 Å². The van der Waals surface area contributed by atoms with Gasteiger partial charge in [-0.1, -0.05) is 13.2 Å². The Kier molecular flexibility index (Phi) is 15.5. The molecule has 2 heterocycles. The highest BCUT2D eigenvalue weighted by atomic mass is 19.4. The maximum atomic E-state index is 14.0. The summed E-state index contributed by atoms with van der Waals surface area (Å²) in [5.41, 5.74) is 0. The Morgan fingerprint density at radius 3 is 1.10 bits per heavy atom. The summed E-state index contributed by atoms with van der Waals surface area (Å²) in [6, 6.07) is 0. The predicted octanol–water partition coefficient (Wildman–Crippen LogP) is 9.34. The van der Waals surface area contributed by atoms with Crippen molar-refractivity contribution in [2.45, 2.75) is 98.0 Å². The molecule has 348 valence electrons. The monoisotopic (exact) mass is 942 g/mol. The van der Waals surface area contributed by atoms with Crippen molar-refractivity contribution in [2.24, 2.45) is 0 Å². The predicted molar refractivity (Wildman–Crippen MR) is 125 cm³/mol. The molecule has 0 aromatic heterocycles. The van der Waals surface area contributed by atoms with Crippen LogP contribution >= 0.6 is 0 Å². The molecule has 0 bridgehead atoms. The van der Waals surface area contributed by atoms with Crippen molar-refractivity contribution in [3.63, 3.8) is 0 Å². The molecule has 2 rings (SSSR count). The van der Waals surface area contributed by atoms with E-state index in [-0.39, 0.29) is 19.6 Å². The van der Waals surface area contributed by atoms with Crippen LogP contribution in [0.15, 0.2) is 24.8 Å². The average molecular weight is 942 g/mol. The quantitative estimate of drug-likeness (QED) is 0.105. The van der Waals surface area contributed by atoms with Crippen LogP contribution < -0.4 is 0 Å². The lowest BCUT2D eigenvalue weighted by molar-refractivity contribution is -0.530. The highest BCUT2D eigenvalue weighted by Crippen LogP contribution is 2.55. The summed E-state index contributed by atoms with van der Waals surface area (Å²) in [6.45, 7) is 0.394. The largest absolute Gasteiger partial charge is 0.460 e. The molecule has 6 unspecified atom stereocenters. The molecule has 2 fully saturated rings. The molecule has 35 heteroatoms. The van der Waals surface area contributed by atoms with E-state index in [0.29, 0.717) is 0 Å². The first-order valence-corrected chi connectivity index (χ1v) is 13.9. The smallest absolute Gasteiger partial charge is 0.431 e. The normalized spacial score (nSPS) is 22.8. The maximum absolute atomic E-state index is 14.0. The molecule has 0 saturated carbocycles. The fourth-order valence-electron chi connectivity index (χ4n) is 2.97. The Labute approximate surface area is 306 Å². The van der Waals surface area contributed by atoms with Crippen LogP contribution in [0.2, 0.25) is 0 Å². The van der Waals surface area contributed by atoms with Gasteiger partial charge >= 0.3 is 78.5 Å². The summed E-state index contributed by atoms with van der Waals surface area (Å²) < 4.78 is 364. The van der Waals surface area contributed by atoms with Gasteiger partial charge in [-0.15, -0.1) is 0 Å². The summed E-state index contributed by atoms with van der Waals surface area (Å²) in [6.07, 6.45) is -59.2. The molecule has 0 amide bonds. The third-order valence-corrected chi connectivity index (χ3v) is 6.26. The van der Waals surface area contributed by atoms with Gasteiger partial charge in [0.1, 0.15) is 6.61 Å². The zero-order valence-corrected chi connectivity index (χ0v) is 27.1. The van der Waals surface area contributed by atoms with E-state index in [9.17, 15) is 119 Å². The molecule has 0 N–H and O–H groups in total. The molecule has 9 nitrogen and oxygen atoms in total. The first-order chi connectivity index (χ1) is 25.8. The SMILES string of the molecule is C=C(F)C(F)(F)OC(F)(C(F)(F)F)C(F)(F)OC(F)(C(=O)OC1CCO1)C(F)(F)F.C=C(F)C(F)(F)OC(F)(C(F)(F)F)C(F)(F)OC(F)(COC1CCO1)C(F)(F)F. The Bertz CT molecular complexity index is 1490. The molecule has 6 atom stereocenters. The second-order valence-electron chi connectivity index (χ2n) is 10.7. The number of halogens is 26. The summed E-state index contributed by atoms with van der Waals surface area (Å²) in [5.74, 6) is -36.9. The minimum Gasteiger partial charge on any atom is -0.431 e. The van der Waals surface area contributed by atoms with Gasteiger partial charge in [-0.25, -0.2) is 13.6 Å². The molecular weight excluding hydrogens is 926 g/mol. The van der Waals surface area contributed by atoms with Crippen molar-refractivity contribution in [1.82, 2.24) is 0 Å². The van der Waals surface area contributed by atoms with Crippen LogP contribution in [0.25, 0.3) is 0 Å². The fraction of sp³-hybridized carbons (Fsp3) is 0.792. The number of carbonyl (C=O) groups is 1. The Hall–Kier alpha value is -3.15. The summed E-state index contributed by atoms with van der Waals surface area (Å²) in [7, 11) is 0. The van der Waals surface area contributed by atoms with Crippen LogP contribution in [0, 0.1) is 0 Å². The van der Waals surface area contributed by atoms with Crippen LogP contribution in [0.5, 0.6) is 0 Å². The number of alkyl halides is 24. The second kappa shape index (κ2) is 17.0.